The number of aliphatic hydroxyl groups excluding tert-OH is 1. The predicted molar refractivity (Wildman–Crippen MR) is 146 cm³/mol. The molecule has 5 heteroatoms. The fraction of sp³-hybridized carbons (Fsp3) is 0.750. The summed E-state index contributed by atoms with van der Waals surface area (Å²) in [5.41, 5.74) is 2.60. The van der Waals surface area contributed by atoms with Gasteiger partial charge in [-0.1, -0.05) is 53.7 Å². The zero-order chi connectivity index (χ0) is 27.6. The van der Waals surface area contributed by atoms with E-state index in [-0.39, 0.29) is 39.8 Å². The molecule has 0 aliphatic heterocycles. The molecule has 37 heavy (non-hydrogen) atoms. The van der Waals surface area contributed by atoms with E-state index in [2.05, 4.69) is 53.7 Å². The first kappa shape index (κ1) is 28.1. The van der Waals surface area contributed by atoms with E-state index in [0.717, 1.165) is 44.9 Å². The van der Waals surface area contributed by atoms with Crippen molar-refractivity contribution >= 4 is 11.9 Å². The number of allylic oxidation sites excluding steroid dienone is 4. The van der Waals surface area contributed by atoms with Crippen LogP contribution in [0.2, 0.25) is 0 Å². The third kappa shape index (κ3) is 4.15. The van der Waals surface area contributed by atoms with Gasteiger partial charge in [-0.15, -0.1) is 0 Å². The van der Waals surface area contributed by atoms with Crippen molar-refractivity contribution in [3.63, 3.8) is 0 Å². The number of aliphatic carboxylic acids is 1. The number of hydrogen-bond acceptors (Lipinski definition) is 4. The van der Waals surface area contributed by atoms with Gasteiger partial charge < -0.3 is 14.9 Å². The topological polar surface area (TPSA) is 83.8 Å². The minimum absolute atomic E-state index is 0.0571. The summed E-state index contributed by atoms with van der Waals surface area (Å²) in [6.45, 7) is 17.0. The van der Waals surface area contributed by atoms with E-state index in [1.165, 1.54) is 18.1 Å². The van der Waals surface area contributed by atoms with Crippen LogP contribution in [0.3, 0.4) is 0 Å². The molecule has 4 aliphatic carbocycles. The fourth-order valence-corrected chi connectivity index (χ4v) is 9.14. The van der Waals surface area contributed by atoms with Gasteiger partial charge in [0.05, 0.1) is 6.10 Å². The van der Waals surface area contributed by atoms with Crippen molar-refractivity contribution in [1.29, 1.82) is 0 Å². The Balaban J connectivity index is 1.75. The molecule has 0 aromatic heterocycles. The number of carbonyl (C=O) groups is 2. The number of rotatable bonds is 6. The van der Waals surface area contributed by atoms with E-state index in [0.29, 0.717) is 23.3 Å². The maximum Gasteiger partial charge on any atom is 0.330 e. The first-order chi connectivity index (χ1) is 17.1. The number of carbonyl (C=O) groups excluding carboxylic acids is 1. The van der Waals surface area contributed by atoms with Crippen LogP contribution >= 0.6 is 0 Å². The smallest absolute Gasteiger partial charge is 0.330 e. The average molecular weight is 513 g/mol. The highest BCUT2D eigenvalue weighted by Gasteiger charge is 2.66. The van der Waals surface area contributed by atoms with E-state index in [9.17, 15) is 19.8 Å². The lowest BCUT2D eigenvalue weighted by Crippen LogP contribution is -2.57. The van der Waals surface area contributed by atoms with Crippen molar-refractivity contribution in [3.05, 3.63) is 34.9 Å². The van der Waals surface area contributed by atoms with Crippen LogP contribution in [-0.2, 0) is 14.3 Å². The van der Waals surface area contributed by atoms with Gasteiger partial charge in [0.1, 0.15) is 6.10 Å². The molecular formula is C32H48O5. The van der Waals surface area contributed by atoms with Gasteiger partial charge in [-0.2, -0.15) is 0 Å². The van der Waals surface area contributed by atoms with Crippen LogP contribution in [0.25, 0.3) is 0 Å². The molecule has 4 rings (SSSR count). The third-order valence-corrected chi connectivity index (χ3v) is 11.7. The lowest BCUT2D eigenvalue weighted by Gasteiger charge is -2.62. The van der Waals surface area contributed by atoms with Gasteiger partial charge in [-0.25, -0.2) is 4.79 Å². The number of aliphatic hydroxyl groups is 1. The molecule has 8 atom stereocenters. The summed E-state index contributed by atoms with van der Waals surface area (Å²) in [5, 5.41) is 20.1. The van der Waals surface area contributed by atoms with Crippen LogP contribution in [0.5, 0.6) is 0 Å². The van der Waals surface area contributed by atoms with E-state index in [1.807, 2.05) is 6.08 Å². The van der Waals surface area contributed by atoms with Gasteiger partial charge in [0.2, 0.25) is 0 Å². The van der Waals surface area contributed by atoms with Crippen molar-refractivity contribution in [2.45, 2.75) is 113 Å². The molecule has 0 aromatic rings. The summed E-state index contributed by atoms with van der Waals surface area (Å²) in [7, 11) is 0. The van der Waals surface area contributed by atoms with Crippen molar-refractivity contribution < 1.29 is 24.5 Å². The van der Waals surface area contributed by atoms with E-state index in [4.69, 9.17) is 4.74 Å². The summed E-state index contributed by atoms with van der Waals surface area (Å²) in [6.07, 6.45) is 12.5. The monoisotopic (exact) mass is 512 g/mol. The Bertz CT molecular complexity index is 1050. The van der Waals surface area contributed by atoms with Crippen molar-refractivity contribution in [3.8, 4) is 0 Å². The SMILES string of the molecule is CC(=O)O[C@@H]1C=C2C(=CC[C@@H]3C(C)(C)[C@@H](O)CC[C@]23C)[C@]2(C)CC[C@H]([C@H](C)CC/C=C(/C)C(=O)O)[C@@]12C. The van der Waals surface area contributed by atoms with E-state index < -0.39 is 5.97 Å². The van der Waals surface area contributed by atoms with Crippen LogP contribution in [0.1, 0.15) is 100 Å². The standard InChI is InChI=1S/C32H48O5/c1-19(10-9-11-20(2)28(35)36)22-14-17-31(7)23-12-13-25-29(4,5)26(34)15-16-30(25,6)24(23)18-27(32(22,31)8)37-21(3)33/h11-12,18-19,22,25-27,34H,9-10,13-17H2,1-8H3,(H,35,36)/b20-11-/t19-,22-,25-,26+,27-,30-,31+,32+/m1/s1. The van der Waals surface area contributed by atoms with Gasteiger partial charge in [-0.3, -0.25) is 4.79 Å². The number of carboxylic acid groups (broad SMARTS) is 1. The Hall–Kier alpha value is -1.88. The normalized spacial score (nSPS) is 41.5. The van der Waals surface area contributed by atoms with Gasteiger partial charge in [-0.05, 0) is 97.7 Å². The van der Waals surface area contributed by atoms with Crippen LogP contribution in [0.15, 0.2) is 34.9 Å². The van der Waals surface area contributed by atoms with Crippen LogP contribution in [0, 0.1) is 39.4 Å². The van der Waals surface area contributed by atoms with Crippen LogP contribution in [0.4, 0.5) is 0 Å². The van der Waals surface area contributed by atoms with Crippen LogP contribution in [-0.4, -0.2) is 34.4 Å². The Morgan fingerprint density at radius 2 is 1.78 bits per heavy atom. The lowest BCUT2D eigenvalue weighted by atomic mass is 9.43. The van der Waals surface area contributed by atoms with Crippen molar-refractivity contribution in [2.24, 2.45) is 39.4 Å². The Morgan fingerprint density at radius 3 is 2.41 bits per heavy atom. The molecule has 5 nitrogen and oxygen atoms in total. The largest absolute Gasteiger partial charge is 0.478 e. The molecule has 2 N–H and O–H groups in total. The predicted octanol–water partition coefficient (Wildman–Crippen LogP) is 6.86. The van der Waals surface area contributed by atoms with Crippen molar-refractivity contribution in [2.75, 3.05) is 0 Å². The first-order valence-electron chi connectivity index (χ1n) is 14.3. The Labute approximate surface area is 223 Å². The molecule has 0 amide bonds. The number of ether oxygens (including phenoxy) is 1. The fourth-order valence-electron chi connectivity index (χ4n) is 9.14. The Kier molecular flexibility index (Phi) is 7.14. The number of carboxylic acids is 1. The van der Waals surface area contributed by atoms with E-state index in [1.54, 1.807) is 6.92 Å². The number of esters is 1. The van der Waals surface area contributed by atoms with Gasteiger partial charge in [0.25, 0.3) is 0 Å². The first-order valence-corrected chi connectivity index (χ1v) is 14.3. The summed E-state index contributed by atoms with van der Waals surface area (Å²) < 4.78 is 6.19. The molecule has 0 aromatic carbocycles. The molecule has 0 radical (unpaired) electrons. The van der Waals surface area contributed by atoms with Gasteiger partial charge >= 0.3 is 11.9 Å². The minimum Gasteiger partial charge on any atom is -0.478 e. The second-order valence-electron chi connectivity index (χ2n) is 13.8. The van der Waals surface area contributed by atoms with Crippen LogP contribution < -0.4 is 0 Å². The molecule has 0 heterocycles. The number of hydrogen-bond donors (Lipinski definition) is 2. The second kappa shape index (κ2) is 9.39. The summed E-state index contributed by atoms with van der Waals surface area (Å²) in [6, 6.07) is 0. The van der Waals surface area contributed by atoms with E-state index >= 15 is 0 Å². The minimum atomic E-state index is -0.859. The molecule has 0 unspecified atom stereocenters. The van der Waals surface area contributed by atoms with Crippen molar-refractivity contribution in [1.82, 2.24) is 0 Å². The second-order valence-corrected chi connectivity index (χ2v) is 13.8. The highest BCUT2D eigenvalue weighted by atomic mass is 16.5. The average Bonchev–Trinajstić information content (AvgIpc) is 3.09. The van der Waals surface area contributed by atoms with Gasteiger partial charge in [0.15, 0.2) is 0 Å². The molecule has 0 spiro atoms. The highest BCUT2D eigenvalue weighted by molar-refractivity contribution is 5.85. The molecule has 0 bridgehead atoms. The Morgan fingerprint density at radius 1 is 1.11 bits per heavy atom. The quantitative estimate of drug-likeness (QED) is 0.300. The zero-order valence-corrected chi connectivity index (χ0v) is 24.2. The summed E-state index contributed by atoms with van der Waals surface area (Å²) in [5.74, 6) is -0.0382. The molecule has 2 fully saturated rings. The maximum atomic E-state index is 12.4. The summed E-state index contributed by atoms with van der Waals surface area (Å²) in [4.78, 5) is 23.7. The molecule has 206 valence electrons. The molecule has 2 saturated carbocycles. The number of fused-ring (bicyclic) bond motifs is 5. The van der Waals surface area contributed by atoms with Gasteiger partial charge in [0, 0.05) is 23.3 Å². The molecular weight excluding hydrogens is 464 g/mol. The third-order valence-electron chi connectivity index (χ3n) is 11.7. The zero-order valence-electron chi connectivity index (χ0n) is 24.2. The maximum absolute atomic E-state index is 12.4. The molecule has 4 aliphatic rings. The summed E-state index contributed by atoms with van der Waals surface area (Å²) >= 11 is 0. The lowest BCUT2D eigenvalue weighted by molar-refractivity contribution is -0.158. The molecule has 0 saturated heterocycles. The highest BCUT2D eigenvalue weighted by Crippen LogP contribution is 2.72.